The molecule has 19 heavy (non-hydrogen) atoms. The van der Waals surface area contributed by atoms with Crippen LogP contribution in [0.4, 0.5) is 0 Å². The standard InChI is InChI=1S/C15H16N2OS/c1-10-14(17-15(18)13-7-4-8-19-13)12-6-3-2-5-11(12)9-16-10/h2-8,10,14,16H,9H2,1H3,(H,17,18). The van der Waals surface area contributed by atoms with E-state index in [1.54, 1.807) is 0 Å². The van der Waals surface area contributed by atoms with Crippen molar-refractivity contribution in [2.24, 2.45) is 0 Å². The zero-order valence-corrected chi connectivity index (χ0v) is 11.5. The zero-order valence-electron chi connectivity index (χ0n) is 10.7. The first kappa shape index (κ1) is 12.4. The summed E-state index contributed by atoms with van der Waals surface area (Å²) in [7, 11) is 0. The van der Waals surface area contributed by atoms with Crippen molar-refractivity contribution < 1.29 is 4.79 Å². The molecular weight excluding hydrogens is 256 g/mol. The highest BCUT2D eigenvalue weighted by Crippen LogP contribution is 2.26. The van der Waals surface area contributed by atoms with Crippen molar-refractivity contribution in [1.82, 2.24) is 10.6 Å². The van der Waals surface area contributed by atoms with Gasteiger partial charge in [0.15, 0.2) is 0 Å². The summed E-state index contributed by atoms with van der Waals surface area (Å²) in [4.78, 5) is 13.0. The van der Waals surface area contributed by atoms with E-state index >= 15 is 0 Å². The molecule has 0 radical (unpaired) electrons. The molecule has 1 aliphatic rings. The van der Waals surface area contributed by atoms with E-state index in [0.29, 0.717) is 0 Å². The van der Waals surface area contributed by atoms with E-state index in [4.69, 9.17) is 0 Å². The summed E-state index contributed by atoms with van der Waals surface area (Å²) in [6, 6.07) is 12.3. The Labute approximate surface area is 116 Å². The van der Waals surface area contributed by atoms with E-state index in [0.717, 1.165) is 11.4 Å². The lowest BCUT2D eigenvalue weighted by Crippen LogP contribution is -2.45. The van der Waals surface area contributed by atoms with Gasteiger partial charge in [0.25, 0.3) is 5.91 Å². The van der Waals surface area contributed by atoms with Crippen molar-refractivity contribution in [2.45, 2.75) is 25.6 Å². The van der Waals surface area contributed by atoms with Gasteiger partial charge in [0.2, 0.25) is 0 Å². The van der Waals surface area contributed by atoms with E-state index in [-0.39, 0.29) is 18.0 Å². The lowest BCUT2D eigenvalue weighted by Gasteiger charge is -2.32. The fourth-order valence-corrected chi connectivity index (χ4v) is 3.11. The third-order valence-corrected chi connectivity index (χ3v) is 4.40. The van der Waals surface area contributed by atoms with E-state index in [1.165, 1.54) is 22.5 Å². The quantitative estimate of drug-likeness (QED) is 0.882. The van der Waals surface area contributed by atoms with Gasteiger partial charge in [0.05, 0.1) is 10.9 Å². The van der Waals surface area contributed by atoms with E-state index in [2.05, 4.69) is 29.7 Å². The van der Waals surface area contributed by atoms with Gasteiger partial charge in [-0.2, -0.15) is 0 Å². The van der Waals surface area contributed by atoms with E-state index in [1.807, 2.05) is 29.6 Å². The summed E-state index contributed by atoms with van der Waals surface area (Å²) < 4.78 is 0. The highest BCUT2D eigenvalue weighted by atomic mass is 32.1. The van der Waals surface area contributed by atoms with Crippen LogP contribution in [-0.2, 0) is 6.54 Å². The number of carbonyl (C=O) groups excluding carboxylic acids is 1. The molecule has 98 valence electrons. The molecule has 2 atom stereocenters. The minimum atomic E-state index is 0.00496. The average molecular weight is 272 g/mol. The van der Waals surface area contributed by atoms with Gasteiger partial charge in [-0.25, -0.2) is 0 Å². The predicted molar refractivity (Wildman–Crippen MR) is 77.3 cm³/mol. The molecule has 2 heterocycles. The third kappa shape index (κ3) is 2.41. The molecule has 4 heteroatoms. The van der Waals surface area contributed by atoms with Gasteiger partial charge in [0.1, 0.15) is 0 Å². The van der Waals surface area contributed by atoms with Gasteiger partial charge in [-0.1, -0.05) is 30.3 Å². The highest BCUT2D eigenvalue weighted by Gasteiger charge is 2.27. The van der Waals surface area contributed by atoms with Crippen molar-refractivity contribution in [3.05, 3.63) is 57.8 Å². The molecule has 3 nitrogen and oxygen atoms in total. The molecule has 0 bridgehead atoms. The highest BCUT2D eigenvalue weighted by molar-refractivity contribution is 7.12. The second-order valence-electron chi connectivity index (χ2n) is 4.80. The predicted octanol–water partition coefficient (Wildman–Crippen LogP) is 2.71. The van der Waals surface area contributed by atoms with Gasteiger partial charge in [0, 0.05) is 12.6 Å². The Morgan fingerprint density at radius 3 is 2.95 bits per heavy atom. The largest absolute Gasteiger partial charge is 0.343 e. The maximum absolute atomic E-state index is 12.2. The molecule has 0 saturated heterocycles. The molecule has 1 aromatic heterocycles. The Morgan fingerprint density at radius 2 is 2.16 bits per heavy atom. The number of rotatable bonds is 2. The Kier molecular flexibility index (Phi) is 3.36. The molecule has 1 amide bonds. The number of nitrogens with one attached hydrogen (secondary N) is 2. The number of amides is 1. The number of thiophene rings is 1. The smallest absolute Gasteiger partial charge is 0.261 e. The van der Waals surface area contributed by atoms with Crippen molar-refractivity contribution in [2.75, 3.05) is 0 Å². The van der Waals surface area contributed by atoms with Crippen LogP contribution in [0.5, 0.6) is 0 Å². The van der Waals surface area contributed by atoms with Gasteiger partial charge in [-0.05, 0) is 29.5 Å². The lowest BCUT2D eigenvalue weighted by atomic mass is 9.91. The molecular formula is C15H16N2OS. The maximum atomic E-state index is 12.2. The average Bonchev–Trinajstić information content (AvgIpc) is 2.96. The van der Waals surface area contributed by atoms with Crippen LogP contribution in [-0.4, -0.2) is 11.9 Å². The van der Waals surface area contributed by atoms with Crippen LogP contribution < -0.4 is 10.6 Å². The molecule has 2 aromatic rings. The molecule has 1 aliphatic heterocycles. The van der Waals surface area contributed by atoms with Crippen LogP contribution in [0.3, 0.4) is 0 Å². The van der Waals surface area contributed by atoms with E-state index < -0.39 is 0 Å². The summed E-state index contributed by atoms with van der Waals surface area (Å²) >= 11 is 1.47. The maximum Gasteiger partial charge on any atom is 0.261 e. The number of carbonyl (C=O) groups is 1. The minimum absolute atomic E-state index is 0.00496. The number of hydrogen-bond acceptors (Lipinski definition) is 3. The molecule has 2 unspecified atom stereocenters. The zero-order chi connectivity index (χ0) is 13.2. The monoisotopic (exact) mass is 272 g/mol. The SMILES string of the molecule is CC1NCc2ccccc2C1NC(=O)c1cccs1. The summed E-state index contributed by atoms with van der Waals surface area (Å²) in [5.74, 6) is 0.00496. The van der Waals surface area contributed by atoms with Crippen LogP contribution in [0.25, 0.3) is 0 Å². The van der Waals surface area contributed by atoms with Crippen molar-refractivity contribution in [3.8, 4) is 0 Å². The second kappa shape index (κ2) is 5.15. The van der Waals surface area contributed by atoms with Gasteiger partial charge >= 0.3 is 0 Å². The first-order valence-corrected chi connectivity index (χ1v) is 7.29. The minimum Gasteiger partial charge on any atom is -0.343 e. The van der Waals surface area contributed by atoms with Crippen LogP contribution in [0.2, 0.25) is 0 Å². The Hall–Kier alpha value is -1.65. The fraction of sp³-hybridized carbons (Fsp3) is 0.267. The lowest BCUT2D eigenvalue weighted by molar-refractivity contribution is 0.0930. The molecule has 1 aromatic carbocycles. The summed E-state index contributed by atoms with van der Waals surface area (Å²) in [6.07, 6.45) is 0. The molecule has 0 saturated carbocycles. The summed E-state index contributed by atoms with van der Waals surface area (Å²) in [6.45, 7) is 2.97. The Morgan fingerprint density at radius 1 is 1.32 bits per heavy atom. The van der Waals surface area contributed by atoms with E-state index in [9.17, 15) is 4.79 Å². The molecule has 3 rings (SSSR count). The van der Waals surface area contributed by atoms with Crippen molar-refractivity contribution in [1.29, 1.82) is 0 Å². The van der Waals surface area contributed by atoms with Crippen LogP contribution in [0.15, 0.2) is 41.8 Å². The first-order valence-electron chi connectivity index (χ1n) is 6.41. The number of hydrogen-bond donors (Lipinski definition) is 2. The van der Waals surface area contributed by atoms with Crippen LogP contribution >= 0.6 is 11.3 Å². The molecule has 0 aliphatic carbocycles. The third-order valence-electron chi connectivity index (χ3n) is 3.54. The second-order valence-corrected chi connectivity index (χ2v) is 5.74. The number of fused-ring (bicyclic) bond motifs is 1. The fourth-order valence-electron chi connectivity index (χ4n) is 2.48. The van der Waals surface area contributed by atoms with Gasteiger partial charge < -0.3 is 10.6 Å². The topological polar surface area (TPSA) is 41.1 Å². The number of benzene rings is 1. The van der Waals surface area contributed by atoms with Gasteiger partial charge in [-0.15, -0.1) is 11.3 Å². The Bertz CT molecular complexity index is 580. The molecule has 0 spiro atoms. The summed E-state index contributed by atoms with van der Waals surface area (Å²) in [5.41, 5.74) is 2.48. The van der Waals surface area contributed by atoms with Crippen molar-refractivity contribution >= 4 is 17.2 Å². The summed E-state index contributed by atoms with van der Waals surface area (Å²) in [5, 5.41) is 8.49. The Balaban J connectivity index is 1.86. The normalized spacial score (nSPS) is 21.7. The van der Waals surface area contributed by atoms with Crippen LogP contribution in [0.1, 0.15) is 33.8 Å². The van der Waals surface area contributed by atoms with Gasteiger partial charge in [-0.3, -0.25) is 4.79 Å². The first-order chi connectivity index (χ1) is 9.25. The molecule has 0 fully saturated rings. The van der Waals surface area contributed by atoms with Crippen molar-refractivity contribution in [3.63, 3.8) is 0 Å². The molecule has 2 N–H and O–H groups in total. The van der Waals surface area contributed by atoms with Crippen LogP contribution in [0, 0.1) is 0 Å².